The van der Waals surface area contributed by atoms with Crippen LogP contribution >= 0.6 is 0 Å². The molecule has 0 radical (unpaired) electrons. The van der Waals surface area contributed by atoms with Gasteiger partial charge < -0.3 is 0 Å². The number of nitrogens with one attached hydrogen (secondary N) is 1. The van der Waals surface area contributed by atoms with Gasteiger partial charge in [0.15, 0.2) is 0 Å². The quantitative estimate of drug-likeness (QED) is 0.861. The average molecular weight is 230 g/mol. The van der Waals surface area contributed by atoms with Crippen LogP contribution in [-0.4, -0.2) is 9.78 Å². The Morgan fingerprint density at radius 1 is 1.29 bits per heavy atom. The lowest BCUT2D eigenvalue weighted by molar-refractivity contribution is 0.785. The van der Waals surface area contributed by atoms with Crippen LogP contribution in [0.3, 0.4) is 0 Å². The Bertz CT molecular complexity index is 551. The smallest absolute Gasteiger partial charge is 0.274 e. The normalized spacial score (nSPS) is 10.7. The van der Waals surface area contributed by atoms with Crippen LogP contribution in [0.2, 0.25) is 0 Å². The average Bonchev–Trinajstić information content (AvgIpc) is 2.69. The molecule has 0 aliphatic heterocycles. The molecule has 0 atom stereocenters. The molecule has 1 N–H and O–H groups in total. The minimum Gasteiger partial charge on any atom is -0.298 e. The molecule has 0 saturated heterocycles. The number of aryl methyl sites for hydroxylation is 2. The summed E-state index contributed by atoms with van der Waals surface area (Å²) in [5.41, 5.74) is 2.97. The summed E-state index contributed by atoms with van der Waals surface area (Å²) in [5.74, 6) is 0. The van der Waals surface area contributed by atoms with Gasteiger partial charge in [0.2, 0.25) is 0 Å². The Hall–Kier alpha value is -1.77. The molecule has 3 heteroatoms. The predicted molar refractivity (Wildman–Crippen MR) is 69.7 cm³/mol. The van der Waals surface area contributed by atoms with E-state index in [-0.39, 0.29) is 5.56 Å². The number of aromatic amines is 1. The fourth-order valence-corrected chi connectivity index (χ4v) is 1.95. The summed E-state index contributed by atoms with van der Waals surface area (Å²) in [6.07, 6.45) is 4.84. The van der Waals surface area contributed by atoms with Crippen LogP contribution in [0, 0.1) is 6.92 Å². The zero-order valence-electron chi connectivity index (χ0n) is 10.4. The molecule has 3 nitrogen and oxygen atoms in total. The Kier molecular flexibility index (Phi) is 3.47. The van der Waals surface area contributed by atoms with E-state index < -0.39 is 0 Å². The molecule has 0 aliphatic rings. The van der Waals surface area contributed by atoms with Crippen LogP contribution in [0.5, 0.6) is 0 Å². The molecule has 17 heavy (non-hydrogen) atoms. The third-order valence-corrected chi connectivity index (χ3v) is 3.00. The number of unbranched alkanes of at least 4 members (excludes halogenated alkanes) is 1. The zero-order valence-corrected chi connectivity index (χ0v) is 10.4. The van der Waals surface area contributed by atoms with Gasteiger partial charge in [-0.3, -0.25) is 9.89 Å². The summed E-state index contributed by atoms with van der Waals surface area (Å²) >= 11 is 0. The molecule has 0 fully saturated rings. The van der Waals surface area contributed by atoms with Gasteiger partial charge >= 0.3 is 0 Å². The molecule has 1 heterocycles. The number of aromatic nitrogens is 2. The predicted octanol–water partition coefficient (Wildman–Crippen LogP) is 2.82. The number of benzene rings is 1. The van der Waals surface area contributed by atoms with Crippen LogP contribution in [0.15, 0.2) is 35.3 Å². The number of rotatable bonds is 4. The van der Waals surface area contributed by atoms with Crippen molar-refractivity contribution in [1.29, 1.82) is 0 Å². The summed E-state index contributed by atoms with van der Waals surface area (Å²) in [6, 6.07) is 7.89. The summed E-state index contributed by atoms with van der Waals surface area (Å²) in [7, 11) is 0. The van der Waals surface area contributed by atoms with Crippen molar-refractivity contribution in [2.45, 2.75) is 33.1 Å². The molecular weight excluding hydrogens is 212 g/mol. The monoisotopic (exact) mass is 230 g/mol. The van der Waals surface area contributed by atoms with E-state index >= 15 is 0 Å². The highest BCUT2D eigenvalue weighted by Gasteiger charge is 2.08. The SMILES string of the molecule is CCCCc1c[nH]n(-c2ccccc2C)c1=O. The van der Waals surface area contributed by atoms with Crippen molar-refractivity contribution in [1.82, 2.24) is 9.78 Å². The molecule has 1 aromatic heterocycles. The first kappa shape index (κ1) is 11.7. The van der Waals surface area contributed by atoms with E-state index in [0.29, 0.717) is 0 Å². The van der Waals surface area contributed by atoms with Crippen molar-refractivity contribution in [3.05, 3.63) is 51.9 Å². The number of hydrogen-bond acceptors (Lipinski definition) is 1. The maximum absolute atomic E-state index is 12.2. The zero-order chi connectivity index (χ0) is 12.3. The number of nitrogens with zero attached hydrogens (tertiary/aromatic N) is 1. The summed E-state index contributed by atoms with van der Waals surface area (Å²) in [5, 5.41) is 3.04. The van der Waals surface area contributed by atoms with Crippen molar-refractivity contribution >= 4 is 0 Å². The number of hydrogen-bond donors (Lipinski definition) is 1. The molecule has 0 spiro atoms. The first-order chi connectivity index (χ1) is 8.24. The van der Waals surface area contributed by atoms with E-state index in [4.69, 9.17) is 0 Å². The number of H-pyrrole nitrogens is 1. The van der Waals surface area contributed by atoms with Gasteiger partial charge in [-0.05, 0) is 31.4 Å². The highest BCUT2D eigenvalue weighted by Crippen LogP contribution is 2.10. The van der Waals surface area contributed by atoms with Crippen LogP contribution in [-0.2, 0) is 6.42 Å². The van der Waals surface area contributed by atoms with Crippen LogP contribution in [0.1, 0.15) is 30.9 Å². The topological polar surface area (TPSA) is 37.8 Å². The van der Waals surface area contributed by atoms with Gasteiger partial charge in [0.25, 0.3) is 5.56 Å². The van der Waals surface area contributed by atoms with E-state index in [1.807, 2.05) is 37.4 Å². The maximum Gasteiger partial charge on any atom is 0.274 e. The number of para-hydroxylation sites is 1. The van der Waals surface area contributed by atoms with E-state index in [9.17, 15) is 4.79 Å². The van der Waals surface area contributed by atoms with Crippen LogP contribution in [0.25, 0.3) is 5.69 Å². The Labute approximate surface area is 101 Å². The second-order valence-corrected chi connectivity index (χ2v) is 4.33. The molecule has 0 aliphatic carbocycles. The second-order valence-electron chi connectivity index (χ2n) is 4.33. The van der Waals surface area contributed by atoms with Crippen molar-refractivity contribution < 1.29 is 0 Å². The Morgan fingerprint density at radius 3 is 2.76 bits per heavy atom. The van der Waals surface area contributed by atoms with E-state index in [2.05, 4.69) is 12.0 Å². The van der Waals surface area contributed by atoms with Gasteiger partial charge in [0.05, 0.1) is 5.69 Å². The van der Waals surface area contributed by atoms with Gasteiger partial charge in [-0.25, -0.2) is 4.68 Å². The van der Waals surface area contributed by atoms with Crippen LogP contribution < -0.4 is 5.56 Å². The summed E-state index contributed by atoms with van der Waals surface area (Å²) in [6.45, 7) is 4.14. The third-order valence-electron chi connectivity index (χ3n) is 3.00. The molecule has 0 unspecified atom stereocenters. The molecule has 2 aromatic rings. The molecule has 1 aromatic carbocycles. The van der Waals surface area contributed by atoms with E-state index in [1.54, 1.807) is 4.68 Å². The lowest BCUT2D eigenvalue weighted by atomic mass is 10.1. The molecule has 0 amide bonds. The molecule has 0 bridgehead atoms. The van der Waals surface area contributed by atoms with Gasteiger partial charge in [-0.1, -0.05) is 31.5 Å². The van der Waals surface area contributed by atoms with Gasteiger partial charge in [-0.2, -0.15) is 0 Å². The highest BCUT2D eigenvalue weighted by atomic mass is 16.1. The standard InChI is InChI=1S/C14H18N2O/c1-3-4-8-12-10-15-16(14(12)17)13-9-6-5-7-11(13)2/h5-7,9-10,15H,3-4,8H2,1-2H3. The van der Waals surface area contributed by atoms with Gasteiger partial charge in [0.1, 0.15) is 0 Å². The van der Waals surface area contributed by atoms with Crippen molar-refractivity contribution in [2.24, 2.45) is 0 Å². The third kappa shape index (κ3) is 2.33. The summed E-state index contributed by atoms with van der Waals surface area (Å²) < 4.78 is 1.63. The highest BCUT2D eigenvalue weighted by molar-refractivity contribution is 5.39. The first-order valence-corrected chi connectivity index (χ1v) is 6.09. The lowest BCUT2D eigenvalue weighted by Gasteiger charge is -2.04. The van der Waals surface area contributed by atoms with Gasteiger partial charge in [-0.15, -0.1) is 0 Å². The minimum atomic E-state index is 0.0766. The minimum absolute atomic E-state index is 0.0766. The summed E-state index contributed by atoms with van der Waals surface area (Å²) in [4.78, 5) is 12.2. The largest absolute Gasteiger partial charge is 0.298 e. The lowest BCUT2D eigenvalue weighted by Crippen LogP contribution is -2.18. The molecule has 2 rings (SSSR count). The van der Waals surface area contributed by atoms with Crippen LogP contribution in [0.4, 0.5) is 0 Å². The first-order valence-electron chi connectivity index (χ1n) is 6.09. The van der Waals surface area contributed by atoms with Gasteiger partial charge in [0, 0.05) is 11.8 Å². The fourth-order valence-electron chi connectivity index (χ4n) is 1.95. The van der Waals surface area contributed by atoms with E-state index in [0.717, 1.165) is 36.1 Å². The Morgan fingerprint density at radius 2 is 2.06 bits per heavy atom. The molecule has 0 saturated carbocycles. The van der Waals surface area contributed by atoms with E-state index in [1.165, 1.54) is 0 Å². The molecular formula is C14H18N2O. The van der Waals surface area contributed by atoms with Crippen molar-refractivity contribution in [3.63, 3.8) is 0 Å². The molecule has 90 valence electrons. The van der Waals surface area contributed by atoms with Crippen molar-refractivity contribution in [3.8, 4) is 5.69 Å². The Balaban J connectivity index is 2.38. The fraction of sp³-hybridized carbons (Fsp3) is 0.357. The second kappa shape index (κ2) is 5.04. The maximum atomic E-state index is 12.2. The van der Waals surface area contributed by atoms with Crippen molar-refractivity contribution in [2.75, 3.05) is 0 Å².